The van der Waals surface area contributed by atoms with E-state index in [0.717, 1.165) is 41.7 Å². The molecule has 0 spiro atoms. The van der Waals surface area contributed by atoms with E-state index in [9.17, 15) is 0 Å². The van der Waals surface area contributed by atoms with Crippen LogP contribution in [-0.2, 0) is 6.42 Å². The van der Waals surface area contributed by atoms with E-state index in [-0.39, 0.29) is 0 Å². The number of rotatable bonds is 6. The van der Waals surface area contributed by atoms with Crippen LogP contribution in [-0.4, -0.2) is 24.1 Å². The number of aryl methyl sites for hydroxylation is 1. The molecule has 0 saturated carbocycles. The van der Waals surface area contributed by atoms with Crippen molar-refractivity contribution < 1.29 is 4.74 Å². The Balaban J connectivity index is 2.24. The zero-order valence-corrected chi connectivity index (χ0v) is 12.1. The average Bonchev–Trinajstić information content (AvgIpc) is 2.47. The molecular weight excluding hydrogens is 252 g/mol. The highest BCUT2D eigenvalue weighted by molar-refractivity contribution is 5.60. The summed E-state index contributed by atoms with van der Waals surface area (Å²) in [4.78, 5) is 8.95. The number of nitrogens with zero attached hydrogens (tertiary/aromatic N) is 2. The van der Waals surface area contributed by atoms with Crippen molar-refractivity contribution in [2.24, 2.45) is 0 Å². The first kappa shape index (κ1) is 14.1. The van der Waals surface area contributed by atoms with Crippen LogP contribution in [0.4, 0.5) is 17.3 Å². The van der Waals surface area contributed by atoms with Gasteiger partial charge in [0.05, 0.1) is 7.11 Å². The Morgan fingerprint density at radius 3 is 2.65 bits per heavy atom. The maximum Gasteiger partial charge on any atom is 0.136 e. The lowest BCUT2D eigenvalue weighted by Crippen LogP contribution is -2.03. The van der Waals surface area contributed by atoms with E-state index in [4.69, 9.17) is 4.74 Å². The summed E-state index contributed by atoms with van der Waals surface area (Å²) in [5.41, 5.74) is 0.938. The first-order valence-corrected chi connectivity index (χ1v) is 6.72. The lowest BCUT2D eigenvalue weighted by molar-refractivity contribution is 0.415. The third-order valence-corrected chi connectivity index (χ3v) is 2.84. The van der Waals surface area contributed by atoms with E-state index >= 15 is 0 Å². The summed E-state index contributed by atoms with van der Waals surface area (Å²) >= 11 is 0. The van der Waals surface area contributed by atoms with E-state index in [2.05, 4.69) is 27.5 Å². The molecule has 1 heterocycles. The molecule has 0 unspecified atom stereocenters. The van der Waals surface area contributed by atoms with Crippen LogP contribution in [0.3, 0.4) is 0 Å². The van der Waals surface area contributed by atoms with Crippen LogP contribution in [0.1, 0.15) is 19.2 Å². The fourth-order valence-corrected chi connectivity index (χ4v) is 1.87. The van der Waals surface area contributed by atoms with Crippen LogP contribution in [0, 0.1) is 0 Å². The second kappa shape index (κ2) is 6.75. The minimum Gasteiger partial charge on any atom is -0.497 e. The van der Waals surface area contributed by atoms with Gasteiger partial charge in [0, 0.05) is 31.3 Å². The minimum atomic E-state index is 0.779. The molecule has 0 fully saturated rings. The largest absolute Gasteiger partial charge is 0.497 e. The van der Waals surface area contributed by atoms with Gasteiger partial charge in [-0.2, -0.15) is 0 Å². The quantitative estimate of drug-likeness (QED) is 0.845. The predicted octanol–water partition coefficient (Wildman–Crippen LogP) is 3.22. The Hall–Kier alpha value is -2.30. The molecule has 1 aromatic carbocycles. The Morgan fingerprint density at radius 2 is 1.95 bits per heavy atom. The molecule has 0 aliphatic heterocycles. The number of benzene rings is 1. The standard InChI is InChI=1S/C15H20N4O/c1-4-6-13-18-14(16-2)10-15(19-13)17-11-7-5-8-12(9-11)20-3/h5,7-10H,4,6H2,1-3H3,(H2,16,17,18,19). The van der Waals surface area contributed by atoms with Crippen LogP contribution in [0.2, 0.25) is 0 Å². The predicted molar refractivity (Wildman–Crippen MR) is 81.9 cm³/mol. The molecule has 2 aromatic rings. The van der Waals surface area contributed by atoms with Gasteiger partial charge in [0.15, 0.2) is 0 Å². The molecule has 2 N–H and O–H groups in total. The van der Waals surface area contributed by atoms with Crippen molar-refractivity contribution in [3.8, 4) is 5.75 Å². The molecule has 0 amide bonds. The molecule has 0 atom stereocenters. The lowest BCUT2D eigenvalue weighted by atomic mass is 10.3. The number of hydrogen-bond donors (Lipinski definition) is 2. The minimum absolute atomic E-state index is 0.779. The van der Waals surface area contributed by atoms with Crippen molar-refractivity contribution >= 4 is 17.3 Å². The van der Waals surface area contributed by atoms with Gasteiger partial charge >= 0.3 is 0 Å². The lowest BCUT2D eigenvalue weighted by Gasteiger charge is -2.10. The SMILES string of the molecule is CCCc1nc(NC)cc(Nc2cccc(OC)c2)n1. The average molecular weight is 272 g/mol. The number of anilines is 3. The van der Waals surface area contributed by atoms with Gasteiger partial charge in [-0.25, -0.2) is 9.97 Å². The summed E-state index contributed by atoms with van der Waals surface area (Å²) in [5, 5.41) is 6.34. The maximum absolute atomic E-state index is 5.21. The summed E-state index contributed by atoms with van der Waals surface area (Å²) in [6, 6.07) is 9.64. The van der Waals surface area contributed by atoms with Crippen molar-refractivity contribution in [3.63, 3.8) is 0 Å². The van der Waals surface area contributed by atoms with E-state index in [1.165, 1.54) is 0 Å². The highest BCUT2D eigenvalue weighted by Gasteiger charge is 2.04. The molecule has 0 aliphatic carbocycles. The van der Waals surface area contributed by atoms with Crippen molar-refractivity contribution in [1.82, 2.24) is 9.97 Å². The van der Waals surface area contributed by atoms with Crippen molar-refractivity contribution in [1.29, 1.82) is 0 Å². The van der Waals surface area contributed by atoms with E-state index in [0.29, 0.717) is 0 Å². The van der Waals surface area contributed by atoms with Crippen molar-refractivity contribution in [2.75, 3.05) is 24.8 Å². The van der Waals surface area contributed by atoms with Gasteiger partial charge in [-0.05, 0) is 18.6 Å². The monoisotopic (exact) mass is 272 g/mol. The number of aromatic nitrogens is 2. The van der Waals surface area contributed by atoms with Crippen LogP contribution >= 0.6 is 0 Å². The smallest absolute Gasteiger partial charge is 0.136 e. The number of hydrogen-bond acceptors (Lipinski definition) is 5. The highest BCUT2D eigenvalue weighted by atomic mass is 16.5. The molecule has 0 saturated heterocycles. The van der Waals surface area contributed by atoms with Crippen LogP contribution in [0.5, 0.6) is 5.75 Å². The van der Waals surface area contributed by atoms with E-state index in [1.807, 2.05) is 37.4 Å². The Kier molecular flexibility index (Phi) is 4.76. The third-order valence-electron chi connectivity index (χ3n) is 2.84. The molecule has 106 valence electrons. The highest BCUT2D eigenvalue weighted by Crippen LogP contribution is 2.21. The van der Waals surface area contributed by atoms with Gasteiger partial charge in [0.1, 0.15) is 23.2 Å². The summed E-state index contributed by atoms with van der Waals surface area (Å²) in [6.45, 7) is 2.12. The fraction of sp³-hybridized carbons (Fsp3) is 0.333. The Bertz CT molecular complexity index is 572. The van der Waals surface area contributed by atoms with Crippen molar-refractivity contribution in [2.45, 2.75) is 19.8 Å². The van der Waals surface area contributed by atoms with Gasteiger partial charge in [0.2, 0.25) is 0 Å². The van der Waals surface area contributed by atoms with Crippen LogP contribution < -0.4 is 15.4 Å². The second-order valence-electron chi connectivity index (χ2n) is 4.41. The number of nitrogens with one attached hydrogen (secondary N) is 2. The summed E-state index contributed by atoms with van der Waals surface area (Å²) in [7, 11) is 3.51. The molecule has 5 heteroatoms. The molecule has 1 aromatic heterocycles. The zero-order chi connectivity index (χ0) is 14.4. The van der Waals surface area contributed by atoms with Gasteiger partial charge in [-0.3, -0.25) is 0 Å². The molecule has 5 nitrogen and oxygen atoms in total. The second-order valence-corrected chi connectivity index (χ2v) is 4.41. The summed E-state index contributed by atoms with van der Waals surface area (Å²) in [5.74, 6) is 3.24. The van der Waals surface area contributed by atoms with Crippen LogP contribution in [0.25, 0.3) is 0 Å². The normalized spacial score (nSPS) is 10.2. The fourth-order valence-electron chi connectivity index (χ4n) is 1.87. The van der Waals surface area contributed by atoms with Crippen molar-refractivity contribution in [3.05, 3.63) is 36.2 Å². The molecular formula is C15H20N4O. The molecule has 0 aliphatic rings. The number of ether oxygens (including phenoxy) is 1. The molecule has 20 heavy (non-hydrogen) atoms. The molecule has 0 radical (unpaired) electrons. The van der Waals surface area contributed by atoms with E-state index < -0.39 is 0 Å². The third kappa shape index (κ3) is 3.60. The van der Waals surface area contributed by atoms with Gasteiger partial charge in [0.25, 0.3) is 0 Å². The molecule has 2 rings (SSSR count). The summed E-state index contributed by atoms with van der Waals surface area (Å²) < 4.78 is 5.21. The van der Waals surface area contributed by atoms with Crippen LogP contribution in [0.15, 0.2) is 30.3 Å². The Labute approximate surface area is 119 Å². The molecule has 0 bridgehead atoms. The maximum atomic E-state index is 5.21. The Morgan fingerprint density at radius 1 is 1.15 bits per heavy atom. The van der Waals surface area contributed by atoms with Gasteiger partial charge in [-0.15, -0.1) is 0 Å². The topological polar surface area (TPSA) is 59.1 Å². The zero-order valence-electron chi connectivity index (χ0n) is 12.1. The number of methoxy groups -OCH3 is 1. The van der Waals surface area contributed by atoms with E-state index in [1.54, 1.807) is 7.11 Å². The van der Waals surface area contributed by atoms with Gasteiger partial charge in [-0.1, -0.05) is 13.0 Å². The van der Waals surface area contributed by atoms with Gasteiger partial charge < -0.3 is 15.4 Å². The first-order valence-electron chi connectivity index (χ1n) is 6.72. The summed E-state index contributed by atoms with van der Waals surface area (Å²) in [6.07, 6.45) is 1.88. The first-order chi connectivity index (χ1) is 9.75.